The predicted molar refractivity (Wildman–Crippen MR) is 117 cm³/mol. The largest absolute Gasteiger partial charge is 0.383 e. The molecule has 8 heteroatoms. The van der Waals surface area contributed by atoms with Gasteiger partial charge in [0.25, 0.3) is 0 Å². The van der Waals surface area contributed by atoms with Crippen LogP contribution in [-0.4, -0.2) is 23.9 Å². The number of halogens is 2. The number of nitrogens with one attached hydrogen (secondary N) is 2. The maximum Gasteiger partial charge on any atom is 0.157 e. The zero-order valence-corrected chi connectivity index (χ0v) is 16.8. The zero-order chi connectivity index (χ0) is 21.5. The third kappa shape index (κ3) is 5.08. The topological polar surface area (TPSA) is 101 Å². The Labute approximate surface area is 174 Å². The maximum atomic E-state index is 13.8. The Balaban J connectivity index is 1.86. The van der Waals surface area contributed by atoms with Crippen molar-refractivity contribution in [2.24, 2.45) is 10.8 Å². The smallest absolute Gasteiger partial charge is 0.157 e. The van der Waals surface area contributed by atoms with Gasteiger partial charge in [-0.05, 0) is 49.6 Å². The highest BCUT2D eigenvalue weighted by Gasteiger charge is 2.16. The minimum Gasteiger partial charge on any atom is -0.383 e. The summed E-state index contributed by atoms with van der Waals surface area (Å²) in [4.78, 5) is 8.24. The Morgan fingerprint density at radius 2 is 2.07 bits per heavy atom. The van der Waals surface area contributed by atoms with E-state index in [2.05, 4.69) is 32.9 Å². The highest BCUT2D eigenvalue weighted by atomic mass is 19.2. The third-order valence-electron chi connectivity index (χ3n) is 4.97. The molecular formula is C22H26F2N6. The average Bonchev–Trinajstić information content (AvgIpc) is 3.30. The van der Waals surface area contributed by atoms with Gasteiger partial charge in [-0.2, -0.15) is 0 Å². The van der Waals surface area contributed by atoms with Crippen LogP contribution in [0.3, 0.4) is 0 Å². The minimum atomic E-state index is -1.00. The Hall–Kier alpha value is -3.10. The second-order valence-corrected chi connectivity index (χ2v) is 6.99. The van der Waals surface area contributed by atoms with Gasteiger partial charge >= 0.3 is 0 Å². The van der Waals surface area contributed by atoms with Gasteiger partial charge in [-0.3, -0.25) is 4.99 Å². The quantitative estimate of drug-likeness (QED) is 0.191. The normalized spacial score (nSPS) is 18.0. The first kappa shape index (κ1) is 21.6. The molecule has 3 rings (SSSR count). The first-order valence-corrected chi connectivity index (χ1v) is 9.81. The monoisotopic (exact) mass is 412 g/mol. The summed E-state index contributed by atoms with van der Waals surface area (Å²) in [7, 11) is 0. The number of nitrogen functional groups attached to an aromatic ring is 1. The lowest BCUT2D eigenvalue weighted by Gasteiger charge is -2.13. The number of nitrogens with two attached hydrogens (primary N) is 2. The number of allylic oxidation sites excluding steroid dienone is 3. The van der Waals surface area contributed by atoms with Crippen LogP contribution >= 0.6 is 0 Å². The summed E-state index contributed by atoms with van der Waals surface area (Å²) in [6.07, 6.45) is 6.40. The Morgan fingerprint density at radius 1 is 1.30 bits per heavy atom. The van der Waals surface area contributed by atoms with Gasteiger partial charge < -0.3 is 16.5 Å². The van der Waals surface area contributed by atoms with E-state index in [9.17, 15) is 8.78 Å². The van der Waals surface area contributed by atoms with E-state index in [0.717, 1.165) is 30.2 Å². The Morgan fingerprint density at radius 3 is 2.70 bits per heavy atom. The number of benzene rings is 1. The highest BCUT2D eigenvalue weighted by molar-refractivity contribution is 6.03. The first-order chi connectivity index (χ1) is 14.5. The number of aliphatic imine (C=N–C) groups is 1. The van der Waals surface area contributed by atoms with Crippen molar-refractivity contribution in [3.05, 3.63) is 71.5 Å². The lowest BCUT2D eigenvalue weighted by molar-refractivity contribution is 0.542. The van der Waals surface area contributed by atoms with Crippen molar-refractivity contribution in [1.82, 2.24) is 15.7 Å². The molecule has 0 aliphatic carbocycles. The van der Waals surface area contributed by atoms with Crippen LogP contribution in [0, 0.1) is 0 Å². The molecule has 1 aliphatic rings. The summed E-state index contributed by atoms with van der Waals surface area (Å²) < 4.78 is 27.4. The van der Waals surface area contributed by atoms with E-state index in [1.807, 2.05) is 12.1 Å². The molecule has 1 saturated heterocycles. The fraction of sp³-hybridized carbons (Fsp3) is 0.273. The lowest BCUT2D eigenvalue weighted by atomic mass is 10.00. The van der Waals surface area contributed by atoms with Crippen molar-refractivity contribution in [1.29, 1.82) is 0 Å². The maximum absolute atomic E-state index is 13.8. The molecule has 1 fully saturated rings. The molecule has 30 heavy (non-hydrogen) atoms. The molecule has 0 amide bonds. The molecule has 0 spiro atoms. The molecule has 0 saturated carbocycles. The van der Waals surface area contributed by atoms with E-state index in [4.69, 9.17) is 11.6 Å². The van der Waals surface area contributed by atoms with E-state index in [1.165, 1.54) is 18.1 Å². The number of pyridine rings is 1. The molecular weight excluding hydrogens is 386 g/mol. The van der Waals surface area contributed by atoms with Crippen molar-refractivity contribution >= 4 is 11.7 Å². The number of hydrazine groups is 1. The molecule has 0 radical (unpaired) electrons. The fourth-order valence-electron chi connectivity index (χ4n) is 3.37. The second-order valence-electron chi connectivity index (χ2n) is 6.99. The van der Waals surface area contributed by atoms with E-state index >= 15 is 0 Å². The van der Waals surface area contributed by atoms with Crippen molar-refractivity contribution in [3.8, 4) is 11.1 Å². The Kier molecular flexibility index (Phi) is 7.26. The van der Waals surface area contributed by atoms with Crippen LogP contribution in [-0.2, 0) is 0 Å². The summed E-state index contributed by atoms with van der Waals surface area (Å²) >= 11 is 0. The van der Waals surface area contributed by atoms with Gasteiger partial charge in [0, 0.05) is 17.8 Å². The highest BCUT2D eigenvalue weighted by Crippen LogP contribution is 2.27. The number of hydrogen-bond acceptors (Lipinski definition) is 5. The molecule has 1 aromatic carbocycles. The fourth-order valence-corrected chi connectivity index (χ4v) is 3.37. The number of anilines is 1. The van der Waals surface area contributed by atoms with Crippen LogP contribution in [0.2, 0.25) is 0 Å². The molecule has 0 bridgehead atoms. The zero-order valence-electron chi connectivity index (χ0n) is 16.8. The van der Waals surface area contributed by atoms with Gasteiger partial charge in [-0.1, -0.05) is 30.3 Å². The van der Waals surface area contributed by atoms with Gasteiger partial charge in [-0.25, -0.2) is 19.6 Å². The summed E-state index contributed by atoms with van der Waals surface area (Å²) in [5.74, 6) is 3.88. The minimum absolute atomic E-state index is 0.122. The lowest BCUT2D eigenvalue weighted by Crippen LogP contribution is -2.32. The van der Waals surface area contributed by atoms with Crippen LogP contribution in [0.5, 0.6) is 0 Å². The molecule has 2 heterocycles. The second kappa shape index (κ2) is 10.1. The Bertz CT molecular complexity index is 960. The van der Waals surface area contributed by atoms with Crippen LogP contribution in [0.25, 0.3) is 11.1 Å². The van der Waals surface area contributed by atoms with E-state index in [0.29, 0.717) is 11.6 Å². The summed E-state index contributed by atoms with van der Waals surface area (Å²) in [6, 6.07) is 10.4. The molecule has 2 aromatic rings. The molecule has 1 aliphatic heterocycles. The van der Waals surface area contributed by atoms with Crippen LogP contribution in [0.4, 0.5) is 14.6 Å². The number of nitrogens with zero attached hydrogens (tertiary/aromatic N) is 2. The molecule has 6 nitrogen and oxygen atoms in total. The summed E-state index contributed by atoms with van der Waals surface area (Å²) in [5.41, 5.74) is 11.8. The van der Waals surface area contributed by atoms with E-state index < -0.39 is 18.2 Å². The van der Waals surface area contributed by atoms with Crippen molar-refractivity contribution in [3.63, 3.8) is 0 Å². The number of aromatic nitrogens is 1. The molecule has 1 unspecified atom stereocenters. The van der Waals surface area contributed by atoms with Crippen LogP contribution < -0.4 is 22.3 Å². The number of hydrogen-bond donors (Lipinski definition) is 4. The number of rotatable bonds is 6. The van der Waals surface area contributed by atoms with Gasteiger partial charge in [0.15, 0.2) is 11.7 Å². The van der Waals surface area contributed by atoms with Crippen LogP contribution in [0.15, 0.2) is 65.3 Å². The molecule has 1 aromatic heterocycles. The summed E-state index contributed by atoms with van der Waals surface area (Å²) in [6.45, 7) is 2.13. The number of amidine groups is 1. The predicted octanol–water partition coefficient (Wildman–Crippen LogP) is 3.69. The average molecular weight is 412 g/mol. The van der Waals surface area contributed by atoms with Crippen molar-refractivity contribution < 1.29 is 8.78 Å². The van der Waals surface area contributed by atoms with Gasteiger partial charge in [0.2, 0.25) is 0 Å². The molecule has 158 valence electrons. The standard InChI is InChI=1S/C22H26F2N6/c1-2-4-18(23)19(24)13-29-22(30-26)17-11-16(12-28-21(17)25)14-6-8-15(9-7-14)20-5-3-10-27-20/h2,4,6-9,11-12,20,27H,3,5,10,13,26H2,1H3,(H2,25,28)(H,29,30)/b4-2-,19-18-. The molecule has 1 atom stereocenters. The molecule has 6 N–H and O–H groups in total. The van der Waals surface area contributed by atoms with Gasteiger partial charge in [0.1, 0.15) is 11.7 Å². The SMILES string of the molecule is C/C=C\C(F)=C(\F)CN=C(NN)c1cc(-c2ccc(C3CCCN3)cc2)cnc1N. The van der Waals surface area contributed by atoms with E-state index in [1.54, 1.807) is 19.2 Å². The van der Waals surface area contributed by atoms with Crippen LogP contribution in [0.1, 0.15) is 36.9 Å². The van der Waals surface area contributed by atoms with Crippen molar-refractivity contribution in [2.75, 3.05) is 18.8 Å². The first-order valence-electron chi connectivity index (χ1n) is 9.81. The van der Waals surface area contributed by atoms with Gasteiger partial charge in [-0.15, -0.1) is 0 Å². The van der Waals surface area contributed by atoms with Gasteiger partial charge in [0.05, 0.1) is 12.1 Å². The van der Waals surface area contributed by atoms with Crippen molar-refractivity contribution in [2.45, 2.75) is 25.8 Å². The summed E-state index contributed by atoms with van der Waals surface area (Å²) in [5, 5.41) is 3.48. The van der Waals surface area contributed by atoms with E-state index in [-0.39, 0.29) is 11.7 Å². The third-order valence-corrected chi connectivity index (χ3v) is 4.97.